The maximum absolute atomic E-state index is 4.35. The Hall–Kier alpha value is -0.830. The highest BCUT2D eigenvalue weighted by atomic mass is 15.2. The van der Waals surface area contributed by atoms with Gasteiger partial charge < -0.3 is 5.32 Å². The zero-order chi connectivity index (χ0) is 11.8. The summed E-state index contributed by atoms with van der Waals surface area (Å²) in [6.45, 7) is 8.85. The average molecular weight is 221 g/mol. The van der Waals surface area contributed by atoms with Crippen LogP contribution < -0.4 is 5.32 Å². The van der Waals surface area contributed by atoms with Crippen LogP contribution in [0.2, 0.25) is 0 Å². The number of aryl methyl sites for hydroxylation is 2. The van der Waals surface area contributed by atoms with Crippen molar-refractivity contribution in [3.63, 3.8) is 0 Å². The Bertz CT molecular complexity index is 361. The minimum absolute atomic E-state index is 0.593. The van der Waals surface area contributed by atoms with Gasteiger partial charge in [0.25, 0.3) is 0 Å². The summed E-state index contributed by atoms with van der Waals surface area (Å²) in [4.78, 5) is 0. The third-order valence-corrected chi connectivity index (χ3v) is 4.02. The maximum Gasteiger partial charge on any atom is 0.0638 e. The first-order valence-electron chi connectivity index (χ1n) is 6.23. The molecule has 1 saturated carbocycles. The largest absolute Gasteiger partial charge is 0.312 e. The van der Waals surface area contributed by atoms with Crippen LogP contribution in [0.4, 0.5) is 0 Å². The van der Waals surface area contributed by atoms with Gasteiger partial charge in [-0.15, -0.1) is 0 Å². The van der Waals surface area contributed by atoms with E-state index in [0.717, 1.165) is 24.7 Å². The molecule has 90 valence electrons. The molecule has 1 fully saturated rings. The van der Waals surface area contributed by atoms with Crippen LogP contribution in [0.5, 0.6) is 0 Å². The molecule has 2 rings (SSSR count). The zero-order valence-corrected chi connectivity index (χ0v) is 10.9. The standard InChI is InChI=1S/C13H23N3/c1-10(2)13(5-6-13)9-14-7-12-8-16(4)15-11(12)3/h8,10,14H,5-7,9H2,1-4H3. The van der Waals surface area contributed by atoms with Crippen LogP contribution in [-0.2, 0) is 13.6 Å². The van der Waals surface area contributed by atoms with Gasteiger partial charge in [0.15, 0.2) is 0 Å². The minimum Gasteiger partial charge on any atom is -0.312 e. The first kappa shape index (κ1) is 11.6. The highest BCUT2D eigenvalue weighted by Gasteiger charge is 2.44. The van der Waals surface area contributed by atoms with Gasteiger partial charge in [-0.05, 0) is 31.1 Å². The summed E-state index contributed by atoms with van der Waals surface area (Å²) in [6, 6.07) is 0. The topological polar surface area (TPSA) is 29.9 Å². The second-order valence-electron chi connectivity index (χ2n) is 5.53. The molecule has 1 heterocycles. The van der Waals surface area contributed by atoms with E-state index in [0.29, 0.717) is 5.41 Å². The molecular formula is C13H23N3. The highest BCUT2D eigenvalue weighted by Crippen LogP contribution is 2.51. The Kier molecular flexibility index (Phi) is 3.06. The van der Waals surface area contributed by atoms with E-state index in [1.165, 1.54) is 18.4 Å². The van der Waals surface area contributed by atoms with Crippen molar-refractivity contribution in [1.29, 1.82) is 0 Å². The van der Waals surface area contributed by atoms with Crippen molar-refractivity contribution in [2.75, 3.05) is 6.54 Å². The van der Waals surface area contributed by atoms with E-state index in [2.05, 4.69) is 37.4 Å². The van der Waals surface area contributed by atoms with Crippen molar-refractivity contribution in [2.24, 2.45) is 18.4 Å². The number of aromatic nitrogens is 2. The van der Waals surface area contributed by atoms with E-state index in [4.69, 9.17) is 0 Å². The van der Waals surface area contributed by atoms with Gasteiger partial charge in [-0.1, -0.05) is 13.8 Å². The van der Waals surface area contributed by atoms with Gasteiger partial charge in [0.05, 0.1) is 5.69 Å². The summed E-state index contributed by atoms with van der Waals surface area (Å²) in [6.07, 6.45) is 4.89. The fraction of sp³-hybridized carbons (Fsp3) is 0.769. The predicted octanol–water partition coefficient (Wildman–Crippen LogP) is 2.25. The summed E-state index contributed by atoms with van der Waals surface area (Å²) < 4.78 is 1.89. The summed E-state index contributed by atoms with van der Waals surface area (Å²) in [7, 11) is 1.98. The molecule has 0 bridgehead atoms. The van der Waals surface area contributed by atoms with Crippen LogP contribution in [0.15, 0.2) is 6.20 Å². The molecule has 0 aromatic carbocycles. The number of rotatable bonds is 5. The van der Waals surface area contributed by atoms with Gasteiger partial charge in [0.2, 0.25) is 0 Å². The Labute approximate surface area is 98.2 Å². The molecule has 0 radical (unpaired) electrons. The van der Waals surface area contributed by atoms with Crippen LogP contribution in [0.1, 0.15) is 37.9 Å². The lowest BCUT2D eigenvalue weighted by molar-refractivity contribution is 0.337. The Morgan fingerprint density at radius 1 is 1.50 bits per heavy atom. The molecule has 1 aromatic rings. The number of nitrogens with zero attached hydrogens (tertiary/aromatic N) is 2. The fourth-order valence-electron chi connectivity index (χ4n) is 2.39. The lowest BCUT2D eigenvalue weighted by Gasteiger charge is -2.19. The van der Waals surface area contributed by atoms with Crippen LogP contribution in [0.25, 0.3) is 0 Å². The van der Waals surface area contributed by atoms with Gasteiger partial charge in [0, 0.05) is 31.9 Å². The average Bonchev–Trinajstić information content (AvgIpc) is 2.91. The summed E-state index contributed by atoms with van der Waals surface area (Å²) in [5.41, 5.74) is 3.06. The minimum atomic E-state index is 0.593. The van der Waals surface area contributed by atoms with Gasteiger partial charge in [-0.2, -0.15) is 5.10 Å². The molecule has 0 aliphatic heterocycles. The molecule has 0 atom stereocenters. The van der Waals surface area contributed by atoms with E-state index < -0.39 is 0 Å². The molecule has 16 heavy (non-hydrogen) atoms. The number of hydrogen-bond acceptors (Lipinski definition) is 2. The van der Waals surface area contributed by atoms with Gasteiger partial charge in [0.1, 0.15) is 0 Å². The van der Waals surface area contributed by atoms with Crippen molar-refractivity contribution < 1.29 is 0 Å². The smallest absolute Gasteiger partial charge is 0.0638 e. The number of hydrogen-bond donors (Lipinski definition) is 1. The zero-order valence-electron chi connectivity index (χ0n) is 10.9. The van der Waals surface area contributed by atoms with Crippen molar-refractivity contribution in [2.45, 2.75) is 40.2 Å². The quantitative estimate of drug-likeness (QED) is 0.826. The van der Waals surface area contributed by atoms with Crippen molar-refractivity contribution in [1.82, 2.24) is 15.1 Å². The lowest BCUT2D eigenvalue weighted by atomic mass is 9.92. The molecule has 3 nitrogen and oxygen atoms in total. The monoisotopic (exact) mass is 221 g/mol. The lowest BCUT2D eigenvalue weighted by Crippen LogP contribution is -2.27. The Morgan fingerprint density at radius 2 is 2.19 bits per heavy atom. The molecule has 0 unspecified atom stereocenters. The second kappa shape index (κ2) is 4.21. The Balaban J connectivity index is 1.82. The molecule has 3 heteroatoms. The van der Waals surface area contributed by atoms with Crippen molar-refractivity contribution in [3.8, 4) is 0 Å². The second-order valence-corrected chi connectivity index (χ2v) is 5.53. The van der Waals surface area contributed by atoms with E-state index in [-0.39, 0.29) is 0 Å². The fourth-order valence-corrected chi connectivity index (χ4v) is 2.39. The van der Waals surface area contributed by atoms with Gasteiger partial charge in [-0.3, -0.25) is 4.68 Å². The first-order valence-corrected chi connectivity index (χ1v) is 6.23. The van der Waals surface area contributed by atoms with Gasteiger partial charge >= 0.3 is 0 Å². The predicted molar refractivity (Wildman–Crippen MR) is 66.2 cm³/mol. The summed E-state index contributed by atoms with van der Waals surface area (Å²) in [5, 5.41) is 7.94. The van der Waals surface area contributed by atoms with E-state index in [1.807, 2.05) is 11.7 Å². The van der Waals surface area contributed by atoms with Gasteiger partial charge in [-0.25, -0.2) is 0 Å². The van der Waals surface area contributed by atoms with Crippen LogP contribution in [0.3, 0.4) is 0 Å². The summed E-state index contributed by atoms with van der Waals surface area (Å²) in [5.74, 6) is 0.801. The molecule has 1 aliphatic rings. The SMILES string of the molecule is Cc1nn(C)cc1CNCC1(C(C)C)CC1. The van der Waals surface area contributed by atoms with E-state index in [9.17, 15) is 0 Å². The van der Waals surface area contributed by atoms with Crippen LogP contribution in [-0.4, -0.2) is 16.3 Å². The molecule has 1 N–H and O–H groups in total. The molecule has 1 aliphatic carbocycles. The molecule has 0 amide bonds. The van der Waals surface area contributed by atoms with Crippen LogP contribution >= 0.6 is 0 Å². The van der Waals surface area contributed by atoms with Crippen molar-refractivity contribution >= 4 is 0 Å². The Morgan fingerprint density at radius 3 is 2.62 bits per heavy atom. The third kappa shape index (κ3) is 2.29. The third-order valence-electron chi connectivity index (χ3n) is 4.02. The van der Waals surface area contributed by atoms with E-state index >= 15 is 0 Å². The van der Waals surface area contributed by atoms with Crippen molar-refractivity contribution in [3.05, 3.63) is 17.5 Å². The molecule has 1 aromatic heterocycles. The molecule has 0 saturated heterocycles. The molecular weight excluding hydrogens is 198 g/mol. The molecule has 0 spiro atoms. The summed E-state index contributed by atoms with van der Waals surface area (Å²) >= 11 is 0. The maximum atomic E-state index is 4.35. The normalized spacial score (nSPS) is 18.1. The number of nitrogens with one attached hydrogen (secondary N) is 1. The first-order chi connectivity index (χ1) is 7.53. The highest BCUT2D eigenvalue weighted by molar-refractivity contribution is 5.15. The van der Waals surface area contributed by atoms with E-state index in [1.54, 1.807) is 0 Å². The van der Waals surface area contributed by atoms with Crippen LogP contribution in [0, 0.1) is 18.3 Å².